The summed E-state index contributed by atoms with van der Waals surface area (Å²) in [5.41, 5.74) is 3.09. The fourth-order valence-corrected chi connectivity index (χ4v) is 4.53. The maximum atomic E-state index is 13.0. The summed E-state index contributed by atoms with van der Waals surface area (Å²) in [7, 11) is 1.59. The summed E-state index contributed by atoms with van der Waals surface area (Å²) in [5.74, 6) is 0.426. The number of aromatic amines is 1. The van der Waals surface area contributed by atoms with Crippen LogP contribution in [0.15, 0.2) is 72.9 Å². The number of aromatic nitrogens is 2. The van der Waals surface area contributed by atoms with Crippen molar-refractivity contribution in [1.82, 2.24) is 10.2 Å². The van der Waals surface area contributed by atoms with E-state index in [0.29, 0.717) is 17.0 Å². The quantitative estimate of drug-likeness (QED) is 0.407. The molecule has 0 spiro atoms. The molecule has 3 aromatic carbocycles. The fraction of sp³-hybridized carbons (Fsp3) is 0.0435. The summed E-state index contributed by atoms with van der Waals surface area (Å²) < 4.78 is 6.55. The van der Waals surface area contributed by atoms with E-state index in [1.54, 1.807) is 24.6 Å². The average Bonchev–Trinajstić information content (AvgIpc) is 3.40. The van der Waals surface area contributed by atoms with Crippen LogP contribution in [0.5, 0.6) is 5.75 Å². The number of carbonyl (C=O) groups is 1. The lowest BCUT2D eigenvalue weighted by Gasteiger charge is -2.11. The number of nitrogens with one attached hydrogen (secondary N) is 2. The van der Waals surface area contributed by atoms with Crippen molar-refractivity contribution in [2.75, 3.05) is 12.4 Å². The molecule has 0 fully saturated rings. The Morgan fingerprint density at radius 1 is 1.03 bits per heavy atom. The molecule has 1 amide bonds. The average molecular weight is 399 g/mol. The number of methoxy groups -OCH3 is 1. The molecule has 5 rings (SSSR count). The molecule has 6 heteroatoms. The van der Waals surface area contributed by atoms with Crippen LogP contribution in [0.1, 0.15) is 10.4 Å². The van der Waals surface area contributed by atoms with E-state index in [9.17, 15) is 4.79 Å². The van der Waals surface area contributed by atoms with Crippen molar-refractivity contribution in [3.8, 4) is 16.2 Å². The number of anilines is 1. The van der Waals surface area contributed by atoms with Crippen molar-refractivity contribution in [3.63, 3.8) is 0 Å². The Hall–Kier alpha value is -3.64. The third-order valence-electron chi connectivity index (χ3n) is 4.86. The largest absolute Gasteiger partial charge is 0.495 e. The van der Waals surface area contributed by atoms with E-state index < -0.39 is 0 Å². The lowest BCUT2D eigenvalue weighted by atomic mass is 10.0. The summed E-state index contributed by atoms with van der Waals surface area (Å²) >= 11 is 1.70. The third kappa shape index (κ3) is 3.13. The van der Waals surface area contributed by atoms with Gasteiger partial charge in [-0.15, -0.1) is 11.3 Å². The Kier molecular flexibility index (Phi) is 4.26. The van der Waals surface area contributed by atoms with Crippen LogP contribution in [-0.2, 0) is 0 Å². The summed E-state index contributed by atoms with van der Waals surface area (Å²) in [4.78, 5) is 14.1. The zero-order chi connectivity index (χ0) is 19.8. The van der Waals surface area contributed by atoms with E-state index in [4.69, 9.17) is 4.74 Å². The molecule has 0 saturated heterocycles. The number of fused-ring (bicyclic) bond motifs is 2. The predicted molar refractivity (Wildman–Crippen MR) is 118 cm³/mol. The zero-order valence-electron chi connectivity index (χ0n) is 15.6. The van der Waals surface area contributed by atoms with Gasteiger partial charge in [0.05, 0.1) is 24.5 Å². The fourth-order valence-electron chi connectivity index (χ4n) is 3.44. The Bertz CT molecular complexity index is 1320. The topological polar surface area (TPSA) is 67.0 Å². The lowest BCUT2D eigenvalue weighted by molar-refractivity contribution is 0.102. The molecule has 5 aromatic rings. The molecule has 2 heterocycles. The van der Waals surface area contributed by atoms with Crippen LogP contribution in [0.25, 0.3) is 31.4 Å². The number of rotatable bonds is 4. The van der Waals surface area contributed by atoms with E-state index >= 15 is 0 Å². The number of H-pyrrole nitrogens is 1. The Morgan fingerprint density at radius 2 is 1.86 bits per heavy atom. The van der Waals surface area contributed by atoms with Gasteiger partial charge in [0.25, 0.3) is 5.91 Å². The van der Waals surface area contributed by atoms with Gasteiger partial charge in [0.1, 0.15) is 5.75 Å². The second-order valence-electron chi connectivity index (χ2n) is 6.66. The molecule has 0 atom stereocenters. The standard InChI is InChI=1S/C23H17N3O2S/c1-28-19-8-4-3-7-18(19)25-23(27)15-10-16-13-24-26-22(16)17(11-15)21-12-14-6-2-5-9-20(14)29-21/h2-13H,1H3,(H,24,26)(H,25,27). The number of thiophene rings is 1. The van der Waals surface area contributed by atoms with Gasteiger partial charge >= 0.3 is 0 Å². The van der Waals surface area contributed by atoms with Gasteiger partial charge in [-0.25, -0.2) is 0 Å². The molecule has 5 nitrogen and oxygen atoms in total. The Morgan fingerprint density at radius 3 is 2.72 bits per heavy atom. The van der Waals surface area contributed by atoms with E-state index in [-0.39, 0.29) is 5.91 Å². The van der Waals surface area contributed by atoms with Crippen LogP contribution in [0.3, 0.4) is 0 Å². The molecule has 0 bridgehead atoms. The highest BCUT2D eigenvalue weighted by molar-refractivity contribution is 7.22. The first-order valence-corrected chi connectivity index (χ1v) is 9.95. The molecule has 2 aromatic heterocycles. The Balaban J connectivity index is 1.59. The predicted octanol–water partition coefficient (Wildman–Crippen LogP) is 5.71. The molecular formula is C23H17N3O2S. The third-order valence-corrected chi connectivity index (χ3v) is 6.01. The van der Waals surface area contributed by atoms with E-state index in [1.165, 1.54) is 10.1 Å². The zero-order valence-corrected chi connectivity index (χ0v) is 16.4. The number of carbonyl (C=O) groups excluding carboxylic acids is 1. The van der Waals surface area contributed by atoms with E-state index in [2.05, 4.69) is 33.7 Å². The molecule has 2 N–H and O–H groups in total. The van der Waals surface area contributed by atoms with Gasteiger partial charge in [-0.1, -0.05) is 30.3 Å². The molecule has 0 aliphatic rings. The van der Waals surface area contributed by atoms with Gasteiger partial charge in [-0.05, 0) is 41.8 Å². The van der Waals surface area contributed by atoms with Crippen LogP contribution in [-0.4, -0.2) is 23.2 Å². The molecule has 142 valence electrons. The number of hydrogen-bond donors (Lipinski definition) is 2. The second-order valence-corrected chi connectivity index (χ2v) is 7.74. The van der Waals surface area contributed by atoms with Crippen molar-refractivity contribution in [2.24, 2.45) is 0 Å². The maximum absolute atomic E-state index is 13.0. The highest BCUT2D eigenvalue weighted by Gasteiger charge is 2.16. The molecular weight excluding hydrogens is 382 g/mol. The van der Waals surface area contributed by atoms with Crippen LogP contribution in [0.4, 0.5) is 5.69 Å². The number of benzene rings is 3. The van der Waals surface area contributed by atoms with Gasteiger partial charge in [0, 0.05) is 26.1 Å². The first-order chi connectivity index (χ1) is 14.2. The van der Waals surface area contributed by atoms with Gasteiger partial charge in [-0.3, -0.25) is 9.89 Å². The summed E-state index contributed by atoms with van der Waals surface area (Å²) in [6, 6.07) is 21.5. The highest BCUT2D eigenvalue weighted by atomic mass is 32.1. The van der Waals surface area contributed by atoms with Crippen LogP contribution in [0.2, 0.25) is 0 Å². The monoisotopic (exact) mass is 399 g/mol. The van der Waals surface area contributed by atoms with Crippen molar-refractivity contribution in [1.29, 1.82) is 0 Å². The minimum Gasteiger partial charge on any atom is -0.495 e. The Labute approximate surface area is 171 Å². The summed E-state index contributed by atoms with van der Waals surface area (Å²) in [6.07, 6.45) is 1.74. The first kappa shape index (κ1) is 17.5. The van der Waals surface area contributed by atoms with Gasteiger partial charge in [0.15, 0.2) is 0 Å². The normalized spacial score (nSPS) is 11.1. The molecule has 29 heavy (non-hydrogen) atoms. The SMILES string of the molecule is COc1ccccc1NC(=O)c1cc(-c2cc3ccccc3s2)c2[nH]ncc2c1. The molecule has 0 saturated carbocycles. The molecule has 0 unspecified atom stereocenters. The van der Waals surface area contributed by atoms with Gasteiger partial charge in [-0.2, -0.15) is 5.10 Å². The molecule has 0 aliphatic carbocycles. The first-order valence-electron chi connectivity index (χ1n) is 9.13. The van der Waals surface area contributed by atoms with E-state index in [1.807, 2.05) is 48.5 Å². The molecule has 0 radical (unpaired) electrons. The lowest BCUT2D eigenvalue weighted by Crippen LogP contribution is -2.12. The smallest absolute Gasteiger partial charge is 0.255 e. The number of para-hydroxylation sites is 2. The van der Waals surface area contributed by atoms with Crippen molar-refractivity contribution >= 4 is 43.9 Å². The molecule has 0 aliphatic heterocycles. The van der Waals surface area contributed by atoms with Crippen molar-refractivity contribution < 1.29 is 9.53 Å². The van der Waals surface area contributed by atoms with Gasteiger partial charge in [0.2, 0.25) is 0 Å². The van der Waals surface area contributed by atoms with Crippen LogP contribution in [0, 0.1) is 0 Å². The minimum absolute atomic E-state index is 0.194. The highest BCUT2D eigenvalue weighted by Crippen LogP contribution is 2.37. The number of ether oxygens (including phenoxy) is 1. The second kappa shape index (κ2) is 7.07. The van der Waals surface area contributed by atoms with Crippen molar-refractivity contribution in [3.05, 3.63) is 78.5 Å². The number of nitrogens with zero attached hydrogens (tertiary/aromatic N) is 1. The van der Waals surface area contributed by atoms with Gasteiger partial charge < -0.3 is 10.1 Å². The number of hydrogen-bond acceptors (Lipinski definition) is 4. The maximum Gasteiger partial charge on any atom is 0.255 e. The van der Waals surface area contributed by atoms with Crippen molar-refractivity contribution in [2.45, 2.75) is 0 Å². The van der Waals surface area contributed by atoms with Crippen LogP contribution < -0.4 is 10.1 Å². The summed E-state index contributed by atoms with van der Waals surface area (Å²) in [6.45, 7) is 0. The minimum atomic E-state index is -0.194. The summed E-state index contributed by atoms with van der Waals surface area (Å²) in [5, 5.41) is 12.3. The van der Waals surface area contributed by atoms with E-state index in [0.717, 1.165) is 21.3 Å². The van der Waals surface area contributed by atoms with Crippen LogP contribution >= 0.6 is 11.3 Å². The number of amides is 1.